The molecule has 0 radical (unpaired) electrons. The van der Waals surface area contributed by atoms with Crippen LogP contribution >= 0.6 is 0 Å². The molecule has 4 heteroatoms. The fourth-order valence-electron chi connectivity index (χ4n) is 8.83. The molecule has 6 aliphatic carbocycles. The average molecular weight is 519 g/mol. The average Bonchev–Trinajstić information content (AvgIpc) is 3.75. The molecule has 37 heavy (non-hydrogen) atoms. The second-order valence-electron chi connectivity index (χ2n) is 13.7. The molecule has 6 saturated carbocycles. The topological polar surface area (TPSA) is 52.6 Å². The lowest BCUT2D eigenvalue weighted by Crippen LogP contribution is -2.24. The molecule has 9 unspecified atom stereocenters. The highest BCUT2D eigenvalue weighted by atomic mass is 16.5. The SMILES string of the molecule is C1CC2C3CCC(C3)C2C1.C1CC2C3CCC(C3)C2C1.CCC(C)(C)C(=O)OC.CCC(C)C(=O)OC. The first-order valence-corrected chi connectivity index (χ1v) is 15.8. The number of carbonyl (C=O) groups excluding carboxylic acids is 2. The summed E-state index contributed by atoms with van der Waals surface area (Å²) in [5.74, 6) is 9.40. The molecule has 9 atom stereocenters. The van der Waals surface area contributed by atoms with Gasteiger partial charge in [0.2, 0.25) is 0 Å². The second-order valence-corrected chi connectivity index (χ2v) is 13.7. The van der Waals surface area contributed by atoms with Crippen molar-refractivity contribution in [2.75, 3.05) is 14.2 Å². The molecule has 214 valence electrons. The summed E-state index contributed by atoms with van der Waals surface area (Å²) in [5, 5.41) is 0. The Kier molecular flexibility index (Phi) is 11.4. The van der Waals surface area contributed by atoms with E-state index in [1.54, 1.807) is 77.0 Å². The Hall–Kier alpha value is -1.06. The molecule has 0 spiro atoms. The largest absolute Gasteiger partial charge is 0.469 e. The fourth-order valence-corrected chi connectivity index (χ4v) is 8.83. The van der Waals surface area contributed by atoms with Crippen LogP contribution in [0.15, 0.2) is 0 Å². The number of hydrogen-bond acceptors (Lipinski definition) is 4. The summed E-state index contributed by atoms with van der Waals surface area (Å²) in [6.07, 6.45) is 20.7. The van der Waals surface area contributed by atoms with E-state index in [0.717, 1.165) is 12.8 Å². The molecule has 0 aromatic heterocycles. The predicted octanol–water partition coefficient (Wildman–Crippen LogP) is 8.47. The third-order valence-corrected chi connectivity index (χ3v) is 11.5. The number of rotatable bonds is 4. The van der Waals surface area contributed by atoms with E-state index in [9.17, 15) is 9.59 Å². The van der Waals surface area contributed by atoms with Crippen LogP contribution in [-0.2, 0) is 19.1 Å². The zero-order chi connectivity index (χ0) is 27.2. The minimum atomic E-state index is -0.311. The molecule has 0 N–H and O–H groups in total. The second kappa shape index (κ2) is 13.8. The molecule has 6 aliphatic rings. The van der Waals surface area contributed by atoms with E-state index >= 15 is 0 Å². The van der Waals surface area contributed by atoms with Crippen molar-refractivity contribution in [1.29, 1.82) is 0 Å². The van der Waals surface area contributed by atoms with Crippen molar-refractivity contribution in [2.45, 2.75) is 125 Å². The highest BCUT2D eigenvalue weighted by Gasteiger charge is 2.49. The van der Waals surface area contributed by atoms with Gasteiger partial charge in [0.1, 0.15) is 0 Å². The lowest BCUT2D eigenvalue weighted by molar-refractivity contribution is -0.150. The Morgan fingerprint density at radius 3 is 1.30 bits per heavy atom. The van der Waals surface area contributed by atoms with Gasteiger partial charge in [0.05, 0.1) is 25.6 Å². The summed E-state index contributed by atoms with van der Waals surface area (Å²) in [5.41, 5.74) is -0.311. The van der Waals surface area contributed by atoms with Gasteiger partial charge >= 0.3 is 11.9 Å². The summed E-state index contributed by atoms with van der Waals surface area (Å²) < 4.78 is 9.03. The van der Waals surface area contributed by atoms with Crippen molar-refractivity contribution < 1.29 is 19.1 Å². The molecule has 0 heterocycles. The first kappa shape index (κ1) is 30.5. The van der Waals surface area contributed by atoms with Crippen molar-refractivity contribution >= 4 is 11.9 Å². The molecule has 0 aromatic carbocycles. The van der Waals surface area contributed by atoms with Gasteiger partial charge in [-0.1, -0.05) is 33.6 Å². The Bertz CT molecular complexity index is 662. The van der Waals surface area contributed by atoms with E-state index in [0.29, 0.717) is 0 Å². The maximum Gasteiger partial charge on any atom is 0.311 e. The van der Waals surface area contributed by atoms with E-state index < -0.39 is 0 Å². The standard InChI is InChI=1S/2C10H16.C7H14O2.C6H12O2/c2*1-2-9-7-4-5-8(6-7)10(9)3-1;1-5-7(2,3)6(8)9-4;1-4-5(2)6(7)8-3/h2*7-10H,1-6H2;5H2,1-4H3;5H,4H2,1-3H3. The summed E-state index contributed by atoms with van der Waals surface area (Å²) in [7, 11) is 2.83. The summed E-state index contributed by atoms with van der Waals surface area (Å²) in [4.78, 5) is 21.4. The lowest BCUT2D eigenvalue weighted by atomic mass is 9.82. The minimum Gasteiger partial charge on any atom is -0.469 e. The summed E-state index contributed by atoms with van der Waals surface area (Å²) in [6, 6.07) is 0. The Balaban J connectivity index is 0.000000138. The van der Waals surface area contributed by atoms with Crippen LogP contribution in [-0.4, -0.2) is 26.2 Å². The van der Waals surface area contributed by atoms with E-state index in [1.165, 1.54) is 61.6 Å². The number of methoxy groups -OCH3 is 2. The zero-order valence-corrected chi connectivity index (χ0v) is 25.2. The van der Waals surface area contributed by atoms with Crippen molar-refractivity contribution in [2.24, 2.45) is 58.7 Å². The first-order chi connectivity index (χ1) is 17.7. The summed E-state index contributed by atoms with van der Waals surface area (Å²) in [6.45, 7) is 9.53. The smallest absolute Gasteiger partial charge is 0.311 e. The van der Waals surface area contributed by atoms with Crippen LogP contribution < -0.4 is 0 Å². The Labute approximate surface area is 228 Å². The van der Waals surface area contributed by atoms with E-state index in [-0.39, 0.29) is 23.3 Å². The van der Waals surface area contributed by atoms with Gasteiger partial charge < -0.3 is 9.47 Å². The van der Waals surface area contributed by atoms with Gasteiger partial charge in [0.15, 0.2) is 0 Å². The van der Waals surface area contributed by atoms with Crippen LogP contribution in [0.3, 0.4) is 0 Å². The molecule has 0 aromatic rings. The number of ether oxygens (including phenoxy) is 2. The maximum atomic E-state index is 10.8. The monoisotopic (exact) mass is 518 g/mol. The van der Waals surface area contributed by atoms with Gasteiger partial charge in [-0.15, -0.1) is 0 Å². The zero-order valence-electron chi connectivity index (χ0n) is 25.2. The van der Waals surface area contributed by atoms with E-state index in [2.05, 4.69) is 9.47 Å². The van der Waals surface area contributed by atoms with Gasteiger partial charge in [-0.25, -0.2) is 0 Å². The molecular formula is C33H58O4. The van der Waals surface area contributed by atoms with Crippen molar-refractivity contribution in [1.82, 2.24) is 0 Å². The van der Waals surface area contributed by atoms with Gasteiger partial charge in [-0.05, 0) is 138 Å². The molecule has 0 aliphatic heterocycles. The van der Waals surface area contributed by atoms with Crippen LogP contribution in [0.5, 0.6) is 0 Å². The van der Waals surface area contributed by atoms with E-state index in [1.807, 2.05) is 34.6 Å². The number of carbonyl (C=O) groups is 2. The summed E-state index contributed by atoms with van der Waals surface area (Å²) >= 11 is 0. The van der Waals surface area contributed by atoms with Crippen LogP contribution in [0, 0.1) is 58.7 Å². The molecule has 6 fully saturated rings. The minimum absolute atomic E-state index is 0.0556. The third-order valence-electron chi connectivity index (χ3n) is 11.5. The molecule has 4 nitrogen and oxygen atoms in total. The highest BCUT2D eigenvalue weighted by Crippen LogP contribution is 2.59. The molecular weight excluding hydrogens is 460 g/mol. The van der Waals surface area contributed by atoms with Crippen LogP contribution in [0.25, 0.3) is 0 Å². The van der Waals surface area contributed by atoms with Crippen LogP contribution in [0.1, 0.15) is 125 Å². The van der Waals surface area contributed by atoms with Crippen LogP contribution in [0.2, 0.25) is 0 Å². The number of esters is 2. The highest BCUT2D eigenvalue weighted by molar-refractivity contribution is 5.75. The van der Waals surface area contributed by atoms with Crippen LogP contribution in [0.4, 0.5) is 0 Å². The van der Waals surface area contributed by atoms with Gasteiger partial charge in [0.25, 0.3) is 0 Å². The van der Waals surface area contributed by atoms with Crippen molar-refractivity contribution in [3.05, 3.63) is 0 Å². The van der Waals surface area contributed by atoms with Crippen molar-refractivity contribution in [3.8, 4) is 0 Å². The third kappa shape index (κ3) is 7.33. The van der Waals surface area contributed by atoms with Crippen molar-refractivity contribution in [3.63, 3.8) is 0 Å². The first-order valence-electron chi connectivity index (χ1n) is 15.8. The maximum absolute atomic E-state index is 10.8. The van der Waals surface area contributed by atoms with Gasteiger partial charge in [0, 0.05) is 0 Å². The fraction of sp³-hybridized carbons (Fsp3) is 0.939. The number of hydrogen-bond donors (Lipinski definition) is 0. The van der Waals surface area contributed by atoms with Gasteiger partial charge in [-0.2, -0.15) is 0 Å². The predicted molar refractivity (Wildman–Crippen MR) is 151 cm³/mol. The Morgan fingerprint density at radius 1 is 0.703 bits per heavy atom. The molecule has 0 saturated heterocycles. The quantitative estimate of drug-likeness (QED) is 0.350. The molecule has 4 bridgehead atoms. The molecule has 6 rings (SSSR count). The van der Waals surface area contributed by atoms with E-state index in [4.69, 9.17) is 0 Å². The molecule has 0 amide bonds. The number of fused-ring (bicyclic) bond motifs is 10. The Morgan fingerprint density at radius 2 is 1.08 bits per heavy atom. The normalized spacial score (nSPS) is 36.6. The lowest BCUT2D eigenvalue weighted by Gasteiger charge is -2.23. The van der Waals surface area contributed by atoms with Gasteiger partial charge in [-0.3, -0.25) is 9.59 Å².